The smallest absolute Gasteiger partial charge is 0.305 e. The van der Waals surface area contributed by atoms with Crippen LogP contribution in [0.3, 0.4) is 0 Å². The summed E-state index contributed by atoms with van der Waals surface area (Å²) in [6.07, 6.45) is 3.98. The van der Waals surface area contributed by atoms with Crippen molar-refractivity contribution in [2.24, 2.45) is 0 Å². The van der Waals surface area contributed by atoms with E-state index in [0.29, 0.717) is 6.42 Å². The minimum absolute atomic E-state index is 0.0502. The summed E-state index contributed by atoms with van der Waals surface area (Å²) < 4.78 is 13.3. The van der Waals surface area contributed by atoms with Gasteiger partial charge in [0.05, 0.1) is 18.1 Å². The van der Waals surface area contributed by atoms with Crippen molar-refractivity contribution in [3.05, 3.63) is 12.7 Å². The van der Waals surface area contributed by atoms with Crippen LogP contribution >= 0.6 is 0 Å². The summed E-state index contributed by atoms with van der Waals surface area (Å²) in [6, 6.07) is 3.31. The van der Waals surface area contributed by atoms with Gasteiger partial charge in [-0.15, -0.1) is 6.58 Å². The molecule has 0 saturated carbocycles. The predicted octanol–water partition coefficient (Wildman–Crippen LogP) is 6.99. The Morgan fingerprint density at radius 1 is 1.11 bits per heavy atom. The van der Waals surface area contributed by atoms with Crippen molar-refractivity contribution in [1.29, 1.82) is 0 Å². The Morgan fingerprint density at radius 3 is 1.96 bits per heavy atom. The van der Waals surface area contributed by atoms with Crippen molar-refractivity contribution < 1.29 is 18.8 Å². The number of carbonyl (C=O) groups is 1. The summed E-state index contributed by atoms with van der Waals surface area (Å²) in [5.41, 5.74) is -0.302. The zero-order valence-corrected chi connectivity index (χ0v) is 22.0. The maximum absolute atomic E-state index is 11.5. The van der Waals surface area contributed by atoms with Gasteiger partial charge < -0.3 is 14.0 Å². The monoisotopic (exact) mass is 430 g/mol. The Morgan fingerprint density at radius 2 is 1.61 bits per heavy atom. The molecule has 0 aromatic carbocycles. The molecule has 0 aliphatic heterocycles. The van der Waals surface area contributed by atoms with E-state index in [1.165, 1.54) is 0 Å². The molecule has 0 aromatic heterocycles. The van der Waals surface area contributed by atoms with Gasteiger partial charge in [-0.05, 0) is 62.5 Å². The van der Waals surface area contributed by atoms with Gasteiger partial charge in [-0.25, -0.2) is 0 Å². The molecule has 0 spiro atoms. The number of aliphatic carboxylic acids is 1. The third-order valence-electron chi connectivity index (χ3n) is 6.64. The molecule has 1 N–H and O–H groups in total. The van der Waals surface area contributed by atoms with E-state index in [4.69, 9.17) is 8.85 Å². The van der Waals surface area contributed by atoms with E-state index in [9.17, 15) is 9.90 Å². The summed E-state index contributed by atoms with van der Waals surface area (Å²) >= 11 is 0. The van der Waals surface area contributed by atoms with Crippen molar-refractivity contribution in [1.82, 2.24) is 0 Å². The van der Waals surface area contributed by atoms with Crippen LogP contribution in [0.15, 0.2) is 12.7 Å². The molecule has 0 saturated heterocycles. The molecule has 6 heteroatoms. The van der Waals surface area contributed by atoms with E-state index >= 15 is 0 Å². The Balaban J connectivity index is 5.43. The van der Waals surface area contributed by atoms with Gasteiger partial charge in [0.15, 0.2) is 16.6 Å². The highest BCUT2D eigenvalue weighted by Crippen LogP contribution is 2.39. The summed E-state index contributed by atoms with van der Waals surface area (Å²) in [7, 11) is -3.80. The fourth-order valence-electron chi connectivity index (χ4n) is 3.45. The average Bonchev–Trinajstić information content (AvgIpc) is 2.56. The third-order valence-corrected chi connectivity index (χ3v) is 16.0. The lowest BCUT2D eigenvalue weighted by Crippen LogP contribution is -2.47. The van der Waals surface area contributed by atoms with Crippen molar-refractivity contribution >= 4 is 22.6 Å². The Bertz CT molecular complexity index is 487. The third kappa shape index (κ3) is 8.51. The van der Waals surface area contributed by atoms with Crippen LogP contribution in [-0.2, 0) is 13.6 Å². The fourth-order valence-corrected chi connectivity index (χ4v) is 8.00. The Labute approximate surface area is 176 Å². The van der Waals surface area contributed by atoms with Gasteiger partial charge in [-0.1, -0.05) is 47.6 Å². The summed E-state index contributed by atoms with van der Waals surface area (Å²) in [5, 5.41) is 9.47. The topological polar surface area (TPSA) is 55.8 Å². The lowest BCUT2D eigenvalue weighted by molar-refractivity contribution is -0.139. The molecule has 0 aliphatic rings. The minimum atomic E-state index is -2.03. The summed E-state index contributed by atoms with van der Waals surface area (Å²) in [4.78, 5) is 11.5. The second-order valence-electron chi connectivity index (χ2n) is 9.93. The predicted molar refractivity (Wildman–Crippen MR) is 125 cm³/mol. The van der Waals surface area contributed by atoms with E-state index < -0.39 is 22.6 Å². The highest BCUT2D eigenvalue weighted by molar-refractivity contribution is 6.74. The molecule has 28 heavy (non-hydrogen) atoms. The van der Waals surface area contributed by atoms with Crippen LogP contribution in [0, 0.1) is 0 Å². The van der Waals surface area contributed by atoms with Gasteiger partial charge in [-0.3, -0.25) is 4.79 Å². The molecule has 0 bridgehead atoms. The first-order valence-corrected chi connectivity index (χ1v) is 16.3. The van der Waals surface area contributed by atoms with Gasteiger partial charge in [0, 0.05) is 0 Å². The fraction of sp³-hybridized carbons (Fsp3) is 0.864. The van der Waals surface area contributed by atoms with Crippen molar-refractivity contribution in [2.75, 3.05) is 0 Å². The molecular weight excluding hydrogens is 384 g/mol. The van der Waals surface area contributed by atoms with Crippen LogP contribution in [0.25, 0.3) is 0 Å². The lowest BCUT2D eigenvalue weighted by Gasteiger charge is -2.42. The quantitative estimate of drug-likeness (QED) is 0.238. The lowest BCUT2D eigenvalue weighted by atomic mass is 9.94. The number of carboxylic acid groups (broad SMARTS) is 1. The van der Waals surface area contributed by atoms with Crippen molar-refractivity contribution in [3.63, 3.8) is 0 Å². The summed E-state index contributed by atoms with van der Waals surface area (Å²) in [5.74, 6) is -0.797. The zero-order valence-electron chi connectivity index (χ0n) is 20.0. The van der Waals surface area contributed by atoms with E-state index in [2.05, 4.69) is 68.1 Å². The number of rotatable bonds is 14. The molecule has 166 valence electrons. The van der Waals surface area contributed by atoms with Crippen LogP contribution < -0.4 is 0 Å². The van der Waals surface area contributed by atoms with Crippen LogP contribution in [0.5, 0.6) is 0 Å². The van der Waals surface area contributed by atoms with Crippen LogP contribution in [-0.4, -0.2) is 39.4 Å². The molecule has 0 radical (unpaired) electrons. The maximum atomic E-state index is 11.5. The first-order chi connectivity index (χ1) is 12.7. The molecule has 0 rings (SSSR count). The molecule has 2 atom stereocenters. The van der Waals surface area contributed by atoms with Crippen LogP contribution in [0.4, 0.5) is 0 Å². The van der Waals surface area contributed by atoms with Gasteiger partial charge in [0.25, 0.3) is 0 Å². The highest BCUT2D eigenvalue weighted by Gasteiger charge is 2.41. The molecule has 0 fully saturated rings. The van der Waals surface area contributed by atoms with Gasteiger partial charge in [-0.2, -0.15) is 0 Å². The first-order valence-electron chi connectivity index (χ1n) is 10.9. The molecule has 0 heterocycles. The number of hydrogen-bond acceptors (Lipinski definition) is 3. The Kier molecular flexibility index (Phi) is 10.9. The van der Waals surface area contributed by atoms with Crippen LogP contribution in [0.1, 0.15) is 74.1 Å². The number of hydrogen-bond donors (Lipinski definition) is 1. The van der Waals surface area contributed by atoms with Gasteiger partial charge in [0.2, 0.25) is 0 Å². The Hall–Kier alpha value is -0.436. The van der Waals surface area contributed by atoms with Gasteiger partial charge in [0.1, 0.15) is 0 Å². The molecule has 1 unspecified atom stereocenters. The molecule has 0 aliphatic carbocycles. The van der Waals surface area contributed by atoms with Crippen molar-refractivity contribution in [2.45, 2.75) is 122 Å². The molecular formula is C22H46O4Si2. The normalized spacial score (nSPS) is 16.5. The maximum Gasteiger partial charge on any atom is 0.305 e. The van der Waals surface area contributed by atoms with E-state index in [1.807, 2.05) is 6.08 Å². The van der Waals surface area contributed by atoms with E-state index in [1.54, 1.807) is 0 Å². The minimum Gasteiger partial charge on any atom is -0.481 e. The van der Waals surface area contributed by atoms with Crippen LogP contribution in [0.2, 0.25) is 36.3 Å². The largest absolute Gasteiger partial charge is 0.481 e. The average molecular weight is 431 g/mol. The highest BCUT2D eigenvalue weighted by atomic mass is 28.4. The second kappa shape index (κ2) is 11.1. The molecule has 0 amide bonds. The zero-order chi connectivity index (χ0) is 22.2. The second-order valence-corrected chi connectivity index (χ2v) is 19.4. The summed E-state index contributed by atoms with van der Waals surface area (Å²) in [6.45, 7) is 23.7. The molecule has 4 nitrogen and oxygen atoms in total. The SMILES string of the molecule is C=CCC(C)(CC[C@@H](CC(=O)O)O[Si](C)(C)C(C)(C)C)O[Si](CC)(CC)CC. The number of carboxylic acids is 1. The standard InChI is InChI=1S/C22H46O4Si2/c1-11-16-22(8,26-28(12-2,13-3)14-4)17-15-19(18-20(23)24)25-27(9,10)21(5,6)7/h11,19H,1,12-18H2,2-10H3,(H,23,24)/t19-,22?/m0/s1. The van der Waals surface area contributed by atoms with E-state index in [-0.39, 0.29) is 23.2 Å². The first kappa shape index (κ1) is 27.6. The molecule has 0 aromatic rings. The van der Waals surface area contributed by atoms with Gasteiger partial charge >= 0.3 is 5.97 Å². The van der Waals surface area contributed by atoms with Crippen molar-refractivity contribution in [3.8, 4) is 0 Å². The van der Waals surface area contributed by atoms with E-state index in [0.717, 1.165) is 31.0 Å².